The van der Waals surface area contributed by atoms with Crippen molar-refractivity contribution >= 4 is 27.5 Å². The van der Waals surface area contributed by atoms with Gasteiger partial charge in [-0.3, -0.25) is 0 Å². The van der Waals surface area contributed by atoms with E-state index in [1.807, 2.05) is 0 Å². The summed E-state index contributed by atoms with van der Waals surface area (Å²) in [6.07, 6.45) is 5.55. The van der Waals surface area contributed by atoms with Crippen LogP contribution in [0.25, 0.3) is 0 Å². The second-order valence-corrected chi connectivity index (χ2v) is 6.17. The summed E-state index contributed by atoms with van der Waals surface area (Å²) in [4.78, 5) is 2.16. The Morgan fingerprint density at radius 3 is 2.95 bits per heavy atom. The third kappa shape index (κ3) is 3.31. The van der Waals surface area contributed by atoms with Crippen LogP contribution in [0.15, 0.2) is 21.8 Å². The number of halogens is 2. The molecule has 1 heterocycles. The SMILES string of the molecule is CCCC1CCCCN1c1ccc(/C(N)=N/O)c(Br)c1F. The van der Waals surface area contributed by atoms with Crippen molar-refractivity contribution in [2.24, 2.45) is 10.9 Å². The number of rotatable bonds is 4. The maximum absolute atomic E-state index is 14.7. The lowest BCUT2D eigenvalue weighted by Gasteiger charge is -2.38. The number of oxime groups is 1. The van der Waals surface area contributed by atoms with E-state index in [1.165, 1.54) is 6.42 Å². The van der Waals surface area contributed by atoms with Gasteiger partial charge in [0.05, 0.1) is 10.2 Å². The molecule has 1 aliphatic heterocycles. The van der Waals surface area contributed by atoms with Gasteiger partial charge in [0.25, 0.3) is 0 Å². The van der Waals surface area contributed by atoms with E-state index in [4.69, 9.17) is 10.9 Å². The summed E-state index contributed by atoms with van der Waals surface area (Å²) in [5.74, 6) is -0.446. The van der Waals surface area contributed by atoms with Crippen molar-refractivity contribution in [3.05, 3.63) is 28.0 Å². The van der Waals surface area contributed by atoms with E-state index in [0.717, 1.165) is 32.2 Å². The first-order valence-corrected chi connectivity index (χ1v) is 8.12. The van der Waals surface area contributed by atoms with Crippen LogP contribution in [-0.4, -0.2) is 23.6 Å². The zero-order chi connectivity index (χ0) is 15.4. The van der Waals surface area contributed by atoms with Gasteiger partial charge in [-0.25, -0.2) is 4.39 Å². The van der Waals surface area contributed by atoms with Crippen molar-refractivity contribution in [2.75, 3.05) is 11.4 Å². The van der Waals surface area contributed by atoms with E-state index in [2.05, 4.69) is 32.9 Å². The zero-order valence-electron chi connectivity index (χ0n) is 12.1. The number of amidine groups is 1. The Morgan fingerprint density at radius 2 is 2.29 bits per heavy atom. The highest BCUT2D eigenvalue weighted by Crippen LogP contribution is 2.34. The second-order valence-electron chi connectivity index (χ2n) is 5.38. The molecule has 2 rings (SSSR count). The average molecular weight is 358 g/mol. The van der Waals surface area contributed by atoms with Crippen LogP contribution in [0.1, 0.15) is 44.6 Å². The van der Waals surface area contributed by atoms with Crippen molar-refractivity contribution in [1.29, 1.82) is 0 Å². The number of piperidine rings is 1. The van der Waals surface area contributed by atoms with Gasteiger partial charge in [0.15, 0.2) is 11.7 Å². The van der Waals surface area contributed by atoms with Crippen LogP contribution in [-0.2, 0) is 0 Å². The first-order valence-electron chi connectivity index (χ1n) is 7.32. The minimum Gasteiger partial charge on any atom is -0.409 e. The molecule has 4 nitrogen and oxygen atoms in total. The standard InChI is InChI=1S/C15H21BrFN3O/c1-2-5-10-6-3-4-9-20(10)12-8-7-11(15(18)19-21)13(16)14(12)17/h7-8,10,21H,2-6,9H2,1H3,(H2,18,19). The number of nitrogens with two attached hydrogens (primary N) is 1. The number of hydrogen-bond donors (Lipinski definition) is 2. The van der Waals surface area contributed by atoms with Gasteiger partial charge in [-0.05, 0) is 53.7 Å². The molecule has 0 spiro atoms. The molecule has 1 atom stereocenters. The lowest BCUT2D eigenvalue weighted by molar-refractivity contribution is 0.318. The first-order chi connectivity index (χ1) is 10.1. The summed E-state index contributed by atoms with van der Waals surface area (Å²) >= 11 is 3.22. The Bertz CT molecular complexity index is 534. The molecule has 0 aromatic heterocycles. The fourth-order valence-corrected chi connectivity index (χ4v) is 3.50. The Hall–Kier alpha value is -1.30. The molecule has 3 N–H and O–H groups in total. The van der Waals surface area contributed by atoms with Gasteiger partial charge in [0, 0.05) is 18.2 Å². The van der Waals surface area contributed by atoms with E-state index >= 15 is 0 Å². The van der Waals surface area contributed by atoms with Gasteiger partial charge < -0.3 is 15.8 Å². The predicted molar refractivity (Wildman–Crippen MR) is 86.5 cm³/mol. The third-order valence-electron chi connectivity index (χ3n) is 4.00. The lowest BCUT2D eigenvalue weighted by atomic mass is 9.97. The summed E-state index contributed by atoms with van der Waals surface area (Å²) in [5.41, 5.74) is 6.51. The van der Waals surface area contributed by atoms with Crippen LogP contribution in [0.4, 0.5) is 10.1 Å². The molecule has 116 valence electrons. The Kier molecular flexibility index (Phi) is 5.45. The van der Waals surface area contributed by atoms with Gasteiger partial charge >= 0.3 is 0 Å². The molecule has 1 saturated heterocycles. The van der Waals surface area contributed by atoms with Crippen molar-refractivity contribution in [1.82, 2.24) is 0 Å². The van der Waals surface area contributed by atoms with Crippen molar-refractivity contribution in [3.8, 4) is 0 Å². The molecular formula is C15H21BrFN3O. The highest BCUT2D eigenvalue weighted by atomic mass is 79.9. The minimum atomic E-state index is -0.345. The first kappa shape index (κ1) is 16.1. The predicted octanol–water partition coefficient (Wildman–Crippen LogP) is 3.84. The van der Waals surface area contributed by atoms with Crippen LogP contribution in [0.3, 0.4) is 0 Å². The van der Waals surface area contributed by atoms with Crippen LogP contribution in [0.5, 0.6) is 0 Å². The molecule has 1 aromatic rings. The van der Waals surface area contributed by atoms with Gasteiger partial charge in [-0.2, -0.15) is 0 Å². The van der Waals surface area contributed by atoms with E-state index in [1.54, 1.807) is 12.1 Å². The molecule has 1 unspecified atom stereocenters. The summed E-state index contributed by atoms with van der Waals surface area (Å²) < 4.78 is 14.9. The number of nitrogens with zero attached hydrogens (tertiary/aromatic N) is 2. The third-order valence-corrected chi connectivity index (χ3v) is 4.78. The highest BCUT2D eigenvalue weighted by Gasteiger charge is 2.26. The maximum atomic E-state index is 14.7. The summed E-state index contributed by atoms with van der Waals surface area (Å²) in [6, 6.07) is 3.80. The van der Waals surface area contributed by atoms with Gasteiger partial charge in [-0.1, -0.05) is 18.5 Å². The van der Waals surface area contributed by atoms with E-state index in [9.17, 15) is 4.39 Å². The molecule has 0 bridgehead atoms. The molecule has 1 aliphatic rings. The number of hydrogen-bond acceptors (Lipinski definition) is 3. The maximum Gasteiger partial charge on any atom is 0.171 e. The largest absolute Gasteiger partial charge is 0.409 e. The molecule has 21 heavy (non-hydrogen) atoms. The smallest absolute Gasteiger partial charge is 0.171 e. The van der Waals surface area contributed by atoms with E-state index in [-0.39, 0.29) is 16.1 Å². The molecule has 0 saturated carbocycles. The Balaban J connectivity index is 2.37. The highest BCUT2D eigenvalue weighted by molar-refractivity contribution is 9.10. The van der Waals surface area contributed by atoms with Crippen LogP contribution in [0, 0.1) is 5.82 Å². The normalized spacial score (nSPS) is 19.9. The summed E-state index contributed by atoms with van der Waals surface area (Å²) in [5, 5.41) is 11.7. The van der Waals surface area contributed by atoms with E-state index < -0.39 is 0 Å². The molecule has 0 aliphatic carbocycles. The molecule has 1 aromatic carbocycles. The fourth-order valence-electron chi connectivity index (χ4n) is 2.96. The molecule has 0 amide bonds. The molecular weight excluding hydrogens is 337 g/mol. The second kappa shape index (κ2) is 7.11. The van der Waals surface area contributed by atoms with Crippen molar-refractivity contribution in [3.63, 3.8) is 0 Å². The average Bonchev–Trinajstić information content (AvgIpc) is 2.50. The van der Waals surface area contributed by atoms with Crippen molar-refractivity contribution < 1.29 is 9.60 Å². The number of benzene rings is 1. The van der Waals surface area contributed by atoms with Crippen LogP contribution in [0.2, 0.25) is 0 Å². The van der Waals surface area contributed by atoms with Gasteiger partial charge in [0.1, 0.15) is 0 Å². The summed E-state index contributed by atoms with van der Waals surface area (Å²) in [7, 11) is 0. The van der Waals surface area contributed by atoms with Crippen molar-refractivity contribution in [2.45, 2.75) is 45.1 Å². The van der Waals surface area contributed by atoms with E-state index in [0.29, 0.717) is 17.3 Å². The molecule has 6 heteroatoms. The fraction of sp³-hybridized carbons (Fsp3) is 0.533. The van der Waals surface area contributed by atoms with Gasteiger partial charge in [0.2, 0.25) is 0 Å². The Labute approximate surface area is 132 Å². The van der Waals surface area contributed by atoms with Crippen LogP contribution < -0.4 is 10.6 Å². The summed E-state index contributed by atoms with van der Waals surface area (Å²) in [6.45, 7) is 3.03. The lowest BCUT2D eigenvalue weighted by Crippen LogP contribution is -2.40. The van der Waals surface area contributed by atoms with Gasteiger partial charge in [-0.15, -0.1) is 0 Å². The topological polar surface area (TPSA) is 61.8 Å². The number of anilines is 1. The monoisotopic (exact) mass is 357 g/mol. The zero-order valence-corrected chi connectivity index (χ0v) is 13.7. The molecule has 1 fully saturated rings. The quantitative estimate of drug-likeness (QED) is 0.372. The molecule has 0 radical (unpaired) electrons. The van der Waals surface area contributed by atoms with Crippen LogP contribution >= 0.6 is 15.9 Å². The minimum absolute atomic E-state index is 0.101. The Morgan fingerprint density at radius 1 is 1.52 bits per heavy atom.